The molecular weight excluding hydrogens is 192 g/mol. The first-order valence-electron chi connectivity index (χ1n) is 6.81. The van der Waals surface area contributed by atoms with Gasteiger partial charge in [-0.05, 0) is 43.4 Å². The van der Waals surface area contributed by atoms with Crippen LogP contribution in [0.2, 0.25) is 0 Å². The van der Waals surface area contributed by atoms with Crippen LogP contribution in [0.1, 0.15) is 60.3 Å². The predicted molar refractivity (Wildman–Crippen MR) is 75.6 cm³/mol. The second kappa shape index (κ2) is 8.61. The van der Waals surface area contributed by atoms with Crippen molar-refractivity contribution < 1.29 is 0 Å². The largest absolute Gasteiger partial charge is 0.103 e. The van der Waals surface area contributed by atoms with Gasteiger partial charge in [-0.25, -0.2) is 0 Å². The third kappa shape index (κ3) is 7.73. The zero-order chi connectivity index (χ0) is 12.6. The van der Waals surface area contributed by atoms with Crippen LogP contribution in [0.5, 0.6) is 0 Å². The maximum absolute atomic E-state index is 3.84. The number of hydrogen-bond donors (Lipinski definition) is 0. The van der Waals surface area contributed by atoms with Crippen LogP contribution < -0.4 is 0 Å². The fourth-order valence-corrected chi connectivity index (χ4v) is 1.98. The van der Waals surface area contributed by atoms with Gasteiger partial charge in [0, 0.05) is 0 Å². The fourth-order valence-electron chi connectivity index (χ4n) is 1.98. The summed E-state index contributed by atoms with van der Waals surface area (Å²) in [6.45, 7) is 15.3. The molecule has 0 aromatic carbocycles. The molecule has 0 aromatic heterocycles. The lowest BCUT2D eigenvalue weighted by atomic mass is 9.93. The molecule has 0 aliphatic heterocycles. The van der Waals surface area contributed by atoms with Crippen LogP contribution in [0, 0.1) is 17.8 Å². The van der Waals surface area contributed by atoms with Crippen LogP contribution >= 0.6 is 0 Å². The summed E-state index contributed by atoms with van der Waals surface area (Å²) in [7, 11) is 0. The fraction of sp³-hybridized carbons (Fsp3) is 0.750. The SMILES string of the molecule is C=CC(C)CCC(C)C=C(CC)CC(C)C. The Hall–Kier alpha value is -0.520. The molecule has 0 spiro atoms. The Balaban J connectivity index is 4.09. The molecule has 94 valence electrons. The predicted octanol–water partition coefficient (Wildman–Crippen LogP) is 5.61. The van der Waals surface area contributed by atoms with E-state index in [0.717, 1.165) is 11.8 Å². The normalized spacial score (nSPS) is 16.2. The smallest absolute Gasteiger partial charge is 0.0259 e. The van der Waals surface area contributed by atoms with E-state index in [4.69, 9.17) is 0 Å². The van der Waals surface area contributed by atoms with E-state index in [1.807, 2.05) is 0 Å². The molecule has 0 aromatic rings. The molecule has 0 rings (SSSR count). The standard InChI is InChI=1S/C16H30/c1-7-14(5)9-10-15(6)12-16(8-2)11-13(3)4/h7,12-15H,1,8-11H2,2-6H3. The highest BCUT2D eigenvalue weighted by Gasteiger charge is 2.05. The van der Waals surface area contributed by atoms with E-state index in [1.165, 1.54) is 25.7 Å². The van der Waals surface area contributed by atoms with E-state index in [2.05, 4.69) is 53.3 Å². The van der Waals surface area contributed by atoms with Crippen molar-refractivity contribution >= 4 is 0 Å². The topological polar surface area (TPSA) is 0 Å². The van der Waals surface area contributed by atoms with E-state index in [1.54, 1.807) is 5.57 Å². The Morgan fingerprint density at radius 3 is 2.06 bits per heavy atom. The molecule has 16 heavy (non-hydrogen) atoms. The van der Waals surface area contributed by atoms with Crippen molar-refractivity contribution in [3.63, 3.8) is 0 Å². The lowest BCUT2D eigenvalue weighted by Crippen LogP contribution is -1.98. The molecule has 0 saturated carbocycles. The second-order valence-electron chi connectivity index (χ2n) is 5.54. The Kier molecular flexibility index (Phi) is 8.33. The van der Waals surface area contributed by atoms with Gasteiger partial charge in [0.05, 0.1) is 0 Å². The Bertz CT molecular complexity index is 210. The van der Waals surface area contributed by atoms with Crippen LogP contribution in [-0.4, -0.2) is 0 Å². The summed E-state index contributed by atoms with van der Waals surface area (Å²) in [5.41, 5.74) is 1.63. The Labute approximate surface area is 103 Å². The van der Waals surface area contributed by atoms with Gasteiger partial charge in [0.15, 0.2) is 0 Å². The van der Waals surface area contributed by atoms with Gasteiger partial charge in [-0.15, -0.1) is 6.58 Å². The van der Waals surface area contributed by atoms with Crippen molar-refractivity contribution in [3.8, 4) is 0 Å². The average Bonchev–Trinajstić information content (AvgIpc) is 2.24. The van der Waals surface area contributed by atoms with Crippen LogP contribution in [0.4, 0.5) is 0 Å². The van der Waals surface area contributed by atoms with Crippen LogP contribution in [0.15, 0.2) is 24.3 Å². The maximum atomic E-state index is 3.84. The van der Waals surface area contributed by atoms with Crippen molar-refractivity contribution in [2.45, 2.75) is 60.3 Å². The molecule has 0 bridgehead atoms. The van der Waals surface area contributed by atoms with Gasteiger partial charge in [-0.3, -0.25) is 0 Å². The lowest BCUT2D eigenvalue weighted by Gasteiger charge is -2.13. The van der Waals surface area contributed by atoms with Gasteiger partial charge in [-0.1, -0.05) is 52.3 Å². The maximum Gasteiger partial charge on any atom is -0.0259 e. The molecule has 0 saturated heterocycles. The highest BCUT2D eigenvalue weighted by molar-refractivity contribution is 5.04. The van der Waals surface area contributed by atoms with Crippen LogP contribution in [0.25, 0.3) is 0 Å². The quantitative estimate of drug-likeness (QED) is 0.468. The summed E-state index contributed by atoms with van der Waals surface area (Å²) in [5, 5.41) is 0. The molecule has 2 atom stereocenters. The summed E-state index contributed by atoms with van der Waals surface area (Å²) in [5.74, 6) is 2.16. The van der Waals surface area contributed by atoms with Crippen molar-refractivity contribution in [2.24, 2.45) is 17.8 Å². The molecule has 0 heterocycles. The van der Waals surface area contributed by atoms with Crippen molar-refractivity contribution in [1.29, 1.82) is 0 Å². The summed E-state index contributed by atoms with van der Waals surface area (Å²) < 4.78 is 0. The monoisotopic (exact) mass is 222 g/mol. The molecule has 0 N–H and O–H groups in total. The molecule has 0 nitrogen and oxygen atoms in total. The molecular formula is C16H30. The average molecular weight is 222 g/mol. The van der Waals surface area contributed by atoms with E-state index in [-0.39, 0.29) is 0 Å². The summed E-state index contributed by atoms with van der Waals surface area (Å²) in [4.78, 5) is 0. The summed E-state index contributed by atoms with van der Waals surface area (Å²) >= 11 is 0. The van der Waals surface area contributed by atoms with Gasteiger partial charge in [0.1, 0.15) is 0 Å². The number of rotatable bonds is 8. The van der Waals surface area contributed by atoms with Crippen LogP contribution in [0.3, 0.4) is 0 Å². The van der Waals surface area contributed by atoms with E-state index in [0.29, 0.717) is 5.92 Å². The second-order valence-corrected chi connectivity index (χ2v) is 5.54. The first-order valence-corrected chi connectivity index (χ1v) is 6.81. The van der Waals surface area contributed by atoms with Crippen molar-refractivity contribution in [3.05, 3.63) is 24.3 Å². The minimum atomic E-state index is 0.658. The van der Waals surface area contributed by atoms with Gasteiger partial charge in [0.25, 0.3) is 0 Å². The zero-order valence-corrected chi connectivity index (χ0v) is 11.9. The first kappa shape index (κ1) is 15.5. The van der Waals surface area contributed by atoms with E-state index in [9.17, 15) is 0 Å². The van der Waals surface area contributed by atoms with Gasteiger partial charge >= 0.3 is 0 Å². The van der Waals surface area contributed by atoms with Gasteiger partial charge in [0.2, 0.25) is 0 Å². The summed E-state index contributed by atoms with van der Waals surface area (Å²) in [6.07, 6.45) is 9.58. The molecule has 0 radical (unpaired) electrons. The third-order valence-electron chi connectivity index (χ3n) is 3.12. The number of allylic oxidation sites excluding steroid dienone is 3. The Morgan fingerprint density at radius 1 is 1.06 bits per heavy atom. The zero-order valence-electron chi connectivity index (χ0n) is 11.9. The van der Waals surface area contributed by atoms with E-state index < -0.39 is 0 Å². The highest BCUT2D eigenvalue weighted by atomic mass is 14.1. The lowest BCUT2D eigenvalue weighted by molar-refractivity contribution is 0.528. The van der Waals surface area contributed by atoms with Crippen LogP contribution in [-0.2, 0) is 0 Å². The molecule has 2 unspecified atom stereocenters. The highest BCUT2D eigenvalue weighted by Crippen LogP contribution is 2.20. The summed E-state index contributed by atoms with van der Waals surface area (Å²) in [6, 6.07) is 0. The number of hydrogen-bond acceptors (Lipinski definition) is 0. The van der Waals surface area contributed by atoms with E-state index >= 15 is 0 Å². The Morgan fingerprint density at radius 2 is 1.62 bits per heavy atom. The minimum absolute atomic E-state index is 0.658. The molecule has 0 fully saturated rings. The molecule has 0 amide bonds. The van der Waals surface area contributed by atoms with Gasteiger partial charge < -0.3 is 0 Å². The molecule has 0 heteroatoms. The first-order chi connectivity index (χ1) is 7.49. The van der Waals surface area contributed by atoms with Crippen molar-refractivity contribution in [2.75, 3.05) is 0 Å². The molecule has 0 aliphatic carbocycles. The minimum Gasteiger partial charge on any atom is -0.103 e. The van der Waals surface area contributed by atoms with Crippen molar-refractivity contribution in [1.82, 2.24) is 0 Å². The van der Waals surface area contributed by atoms with Gasteiger partial charge in [-0.2, -0.15) is 0 Å². The molecule has 0 aliphatic rings. The third-order valence-corrected chi connectivity index (χ3v) is 3.12.